The molecule has 1 saturated carbocycles. The van der Waals surface area contributed by atoms with Crippen LogP contribution < -0.4 is 5.32 Å². The first kappa shape index (κ1) is 20.4. The van der Waals surface area contributed by atoms with Crippen LogP contribution in [0.15, 0.2) is 4.99 Å². The van der Waals surface area contributed by atoms with Gasteiger partial charge < -0.3 is 15.1 Å². The van der Waals surface area contributed by atoms with Crippen LogP contribution in [0.1, 0.15) is 52.4 Å². The van der Waals surface area contributed by atoms with E-state index in [1.165, 1.54) is 25.7 Å². The Hall–Kier alpha value is -1.30. The van der Waals surface area contributed by atoms with Crippen molar-refractivity contribution in [2.75, 3.05) is 52.9 Å². The summed E-state index contributed by atoms with van der Waals surface area (Å²) in [5, 5.41) is 3.63. The van der Waals surface area contributed by atoms with Crippen molar-refractivity contribution in [1.82, 2.24) is 20.0 Å². The van der Waals surface area contributed by atoms with Crippen LogP contribution in [0.25, 0.3) is 0 Å². The topological polar surface area (TPSA) is 51.2 Å². The molecule has 0 bridgehead atoms. The van der Waals surface area contributed by atoms with Crippen molar-refractivity contribution < 1.29 is 4.79 Å². The summed E-state index contributed by atoms with van der Waals surface area (Å²) < 4.78 is 0. The summed E-state index contributed by atoms with van der Waals surface area (Å²) in [5.41, 5.74) is 0. The van der Waals surface area contributed by atoms with E-state index in [0.717, 1.165) is 76.5 Å². The predicted octanol–water partition coefficient (Wildman–Crippen LogP) is 2.02. The van der Waals surface area contributed by atoms with E-state index in [4.69, 9.17) is 0 Å². The molecule has 6 nitrogen and oxygen atoms in total. The van der Waals surface area contributed by atoms with Crippen LogP contribution in [-0.4, -0.2) is 85.5 Å². The zero-order valence-electron chi connectivity index (χ0n) is 17.6. The maximum absolute atomic E-state index is 12.7. The standard InChI is InChI=1S/C21H39N5O/c1-17-8-4-5-9-19(17)16-23-21(22-3)26-14-12-24(13-15-26)18(2)20(27)25-10-6-7-11-25/h17-19H,4-16H2,1-3H3,(H,22,23). The number of likely N-dealkylation sites (tertiary alicyclic amines) is 1. The first-order valence-corrected chi connectivity index (χ1v) is 11.1. The fraction of sp³-hybridized carbons (Fsp3) is 0.905. The van der Waals surface area contributed by atoms with Gasteiger partial charge in [-0.05, 0) is 38.0 Å². The minimum atomic E-state index is 0.00307. The van der Waals surface area contributed by atoms with Crippen molar-refractivity contribution >= 4 is 11.9 Å². The minimum Gasteiger partial charge on any atom is -0.356 e. The molecule has 1 aliphatic carbocycles. The van der Waals surface area contributed by atoms with Gasteiger partial charge in [-0.1, -0.05) is 26.2 Å². The second-order valence-electron chi connectivity index (χ2n) is 8.68. The molecular formula is C21H39N5O. The van der Waals surface area contributed by atoms with E-state index < -0.39 is 0 Å². The third kappa shape index (κ3) is 5.15. The highest BCUT2D eigenvalue weighted by Crippen LogP contribution is 2.28. The Kier molecular flexibility index (Phi) is 7.39. The number of amides is 1. The molecule has 154 valence electrons. The van der Waals surface area contributed by atoms with Gasteiger partial charge in [0.15, 0.2) is 5.96 Å². The monoisotopic (exact) mass is 377 g/mol. The van der Waals surface area contributed by atoms with E-state index in [0.29, 0.717) is 5.91 Å². The summed E-state index contributed by atoms with van der Waals surface area (Å²) in [6.07, 6.45) is 7.79. The van der Waals surface area contributed by atoms with Crippen molar-refractivity contribution in [2.24, 2.45) is 16.8 Å². The average Bonchev–Trinajstić information content (AvgIpc) is 3.24. The molecule has 2 saturated heterocycles. The van der Waals surface area contributed by atoms with Gasteiger partial charge in [-0.15, -0.1) is 0 Å². The molecule has 27 heavy (non-hydrogen) atoms. The molecule has 3 atom stereocenters. The largest absolute Gasteiger partial charge is 0.356 e. The fourth-order valence-electron chi connectivity index (χ4n) is 4.93. The Balaban J connectivity index is 1.44. The molecule has 1 amide bonds. The van der Waals surface area contributed by atoms with Crippen LogP contribution in [-0.2, 0) is 4.79 Å². The van der Waals surface area contributed by atoms with Crippen LogP contribution in [0.2, 0.25) is 0 Å². The molecule has 0 aromatic heterocycles. The molecule has 0 radical (unpaired) electrons. The summed E-state index contributed by atoms with van der Waals surface area (Å²) >= 11 is 0. The highest BCUT2D eigenvalue weighted by molar-refractivity contribution is 5.82. The SMILES string of the molecule is CN=C(NCC1CCCCC1C)N1CCN(C(C)C(=O)N2CCCC2)CC1. The van der Waals surface area contributed by atoms with Crippen molar-refractivity contribution in [1.29, 1.82) is 0 Å². The van der Waals surface area contributed by atoms with Crippen LogP contribution in [0.4, 0.5) is 0 Å². The van der Waals surface area contributed by atoms with Crippen LogP contribution >= 0.6 is 0 Å². The third-order valence-electron chi connectivity index (χ3n) is 6.96. The zero-order valence-corrected chi connectivity index (χ0v) is 17.6. The zero-order chi connectivity index (χ0) is 19.2. The molecule has 1 N–H and O–H groups in total. The second-order valence-corrected chi connectivity index (χ2v) is 8.68. The van der Waals surface area contributed by atoms with Crippen LogP contribution in [0, 0.1) is 11.8 Å². The number of hydrogen-bond donors (Lipinski definition) is 1. The molecule has 3 aliphatic rings. The lowest BCUT2D eigenvalue weighted by molar-refractivity contribution is -0.135. The summed E-state index contributed by atoms with van der Waals surface area (Å²) in [7, 11) is 1.89. The van der Waals surface area contributed by atoms with Crippen molar-refractivity contribution in [3.05, 3.63) is 0 Å². The van der Waals surface area contributed by atoms with Gasteiger partial charge in [0, 0.05) is 52.9 Å². The first-order chi connectivity index (χ1) is 13.1. The molecule has 0 spiro atoms. The van der Waals surface area contributed by atoms with Gasteiger partial charge >= 0.3 is 0 Å². The first-order valence-electron chi connectivity index (χ1n) is 11.1. The molecule has 0 aromatic rings. The number of guanidine groups is 1. The Morgan fingerprint density at radius 1 is 1.00 bits per heavy atom. The quantitative estimate of drug-likeness (QED) is 0.602. The molecule has 2 aliphatic heterocycles. The number of nitrogens with one attached hydrogen (secondary N) is 1. The lowest BCUT2D eigenvalue weighted by Crippen LogP contribution is -2.57. The maximum atomic E-state index is 12.7. The number of nitrogens with zero attached hydrogens (tertiary/aromatic N) is 4. The number of rotatable bonds is 4. The van der Waals surface area contributed by atoms with Gasteiger partial charge in [0.05, 0.1) is 6.04 Å². The maximum Gasteiger partial charge on any atom is 0.239 e. The fourth-order valence-corrected chi connectivity index (χ4v) is 4.93. The van der Waals surface area contributed by atoms with Crippen molar-refractivity contribution in [3.8, 4) is 0 Å². The molecule has 3 unspecified atom stereocenters. The minimum absolute atomic E-state index is 0.00307. The van der Waals surface area contributed by atoms with Crippen LogP contribution in [0.3, 0.4) is 0 Å². The number of aliphatic imine (C=N–C) groups is 1. The van der Waals surface area contributed by atoms with Gasteiger partial charge in [0.25, 0.3) is 0 Å². The number of hydrogen-bond acceptors (Lipinski definition) is 3. The summed E-state index contributed by atoms with van der Waals surface area (Å²) in [6.45, 7) is 11.1. The van der Waals surface area contributed by atoms with Gasteiger partial charge in [0.2, 0.25) is 5.91 Å². The second kappa shape index (κ2) is 9.76. The Morgan fingerprint density at radius 3 is 2.30 bits per heavy atom. The van der Waals surface area contributed by atoms with E-state index in [1.54, 1.807) is 0 Å². The normalized spacial score (nSPS) is 29.1. The lowest BCUT2D eigenvalue weighted by Gasteiger charge is -2.40. The summed E-state index contributed by atoms with van der Waals surface area (Å²) in [4.78, 5) is 23.9. The van der Waals surface area contributed by atoms with Crippen LogP contribution in [0.5, 0.6) is 0 Å². The lowest BCUT2D eigenvalue weighted by atomic mass is 9.80. The Morgan fingerprint density at radius 2 is 1.67 bits per heavy atom. The van der Waals surface area contributed by atoms with E-state index in [-0.39, 0.29) is 6.04 Å². The highest BCUT2D eigenvalue weighted by Gasteiger charge is 2.30. The van der Waals surface area contributed by atoms with E-state index >= 15 is 0 Å². The smallest absolute Gasteiger partial charge is 0.239 e. The molecule has 0 aromatic carbocycles. The molecule has 6 heteroatoms. The predicted molar refractivity (Wildman–Crippen MR) is 111 cm³/mol. The van der Waals surface area contributed by atoms with Crippen molar-refractivity contribution in [3.63, 3.8) is 0 Å². The summed E-state index contributed by atoms with van der Waals surface area (Å²) in [6, 6.07) is 0.00307. The van der Waals surface area contributed by atoms with Gasteiger partial charge in [0.1, 0.15) is 0 Å². The highest BCUT2D eigenvalue weighted by atomic mass is 16.2. The van der Waals surface area contributed by atoms with Crippen molar-refractivity contribution in [2.45, 2.75) is 58.4 Å². The van der Waals surface area contributed by atoms with Gasteiger partial charge in [-0.25, -0.2) is 0 Å². The van der Waals surface area contributed by atoms with E-state index in [2.05, 4.69) is 34.0 Å². The molecule has 3 rings (SSSR count). The third-order valence-corrected chi connectivity index (χ3v) is 6.96. The average molecular weight is 378 g/mol. The molecule has 3 fully saturated rings. The molecule has 2 heterocycles. The van der Waals surface area contributed by atoms with E-state index in [9.17, 15) is 4.79 Å². The summed E-state index contributed by atoms with van der Waals surface area (Å²) in [5.74, 6) is 2.94. The Bertz CT molecular complexity index is 509. The molecular weight excluding hydrogens is 338 g/mol. The van der Waals surface area contributed by atoms with Gasteiger partial charge in [-0.3, -0.25) is 14.7 Å². The number of carbonyl (C=O) groups excluding carboxylic acids is 1. The van der Waals surface area contributed by atoms with Gasteiger partial charge in [-0.2, -0.15) is 0 Å². The van der Waals surface area contributed by atoms with E-state index in [1.807, 2.05) is 11.9 Å². The number of carbonyl (C=O) groups is 1. The Labute approximate surface area is 165 Å². The number of piperazine rings is 1.